The molecule has 0 saturated carbocycles. The van der Waals surface area contributed by atoms with Crippen molar-refractivity contribution < 1.29 is 0 Å². The van der Waals surface area contributed by atoms with E-state index in [1.807, 2.05) is 18.3 Å². The molecule has 0 atom stereocenters. The van der Waals surface area contributed by atoms with Crippen molar-refractivity contribution in [3.63, 3.8) is 0 Å². The predicted molar refractivity (Wildman–Crippen MR) is 138 cm³/mol. The molecule has 0 spiro atoms. The standard InChI is InChI=1S/C28H27N5O/c1-33-12-9-19(10-13-33)18-4-6-24(7-5-18)31-27-26-21(8-11-30-28(26)34)15-25(32-27)20-2-3-22-16-29-17-23(22)14-20/h2-8,11,14-16,19H,9-10,12-13,17H2,1H3,(H,30,34)(H,31,32). The van der Waals surface area contributed by atoms with Crippen molar-refractivity contribution in [3.05, 3.63) is 87.8 Å². The maximum absolute atomic E-state index is 12.7. The number of hydrogen-bond donors (Lipinski definition) is 2. The summed E-state index contributed by atoms with van der Waals surface area (Å²) >= 11 is 0. The lowest BCUT2D eigenvalue weighted by molar-refractivity contribution is 0.255. The van der Waals surface area contributed by atoms with Crippen LogP contribution in [0.25, 0.3) is 22.0 Å². The molecular weight excluding hydrogens is 422 g/mol. The van der Waals surface area contributed by atoms with Gasteiger partial charge in [-0.25, -0.2) is 4.98 Å². The summed E-state index contributed by atoms with van der Waals surface area (Å²) in [6, 6.07) is 18.8. The molecule has 2 aliphatic rings. The molecule has 2 aromatic carbocycles. The summed E-state index contributed by atoms with van der Waals surface area (Å²) in [4.78, 5) is 27.2. The van der Waals surface area contributed by atoms with Gasteiger partial charge in [-0.1, -0.05) is 24.3 Å². The molecule has 0 radical (unpaired) electrons. The van der Waals surface area contributed by atoms with Gasteiger partial charge in [0, 0.05) is 23.7 Å². The summed E-state index contributed by atoms with van der Waals surface area (Å²) in [5, 5.41) is 4.85. The first-order valence-electron chi connectivity index (χ1n) is 11.9. The summed E-state index contributed by atoms with van der Waals surface area (Å²) in [7, 11) is 2.19. The van der Waals surface area contributed by atoms with E-state index in [1.165, 1.54) is 24.0 Å². The largest absolute Gasteiger partial charge is 0.340 e. The number of piperidine rings is 1. The Morgan fingerprint density at radius 3 is 2.68 bits per heavy atom. The first-order chi connectivity index (χ1) is 16.6. The summed E-state index contributed by atoms with van der Waals surface area (Å²) < 4.78 is 0. The number of pyridine rings is 2. The molecule has 6 heteroatoms. The molecule has 0 aliphatic carbocycles. The second-order valence-electron chi connectivity index (χ2n) is 9.34. The number of nitrogens with one attached hydrogen (secondary N) is 2. The van der Waals surface area contributed by atoms with Crippen molar-refractivity contribution >= 4 is 28.5 Å². The number of rotatable bonds is 4. The van der Waals surface area contributed by atoms with Crippen LogP contribution in [0, 0.1) is 0 Å². The molecule has 4 heterocycles. The van der Waals surface area contributed by atoms with Crippen LogP contribution >= 0.6 is 0 Å². The van der Waals surface area contributed by atoms with E-state index < -0.39 is 0 Å². The lowest BCUT2D eigenvalue weighted by Crippen LogP contribution is -2.29. The number of likely N-dealkylation sites (tertiary alicyclic amines) is 1. The van der Waals surface area contributed by atoms with Crippen LogP contribution in [-0.4, -0.2) is 41.2 Å². The molecule has 0 amide bonds. The maximum Gasteiger partial charge on any atom is 0.259 e. The van der Waals surface area contributed by atoms with E-state index in [0.29, 0.717) is 23.7 Å². The smallest absolute Gasteiger partial charge is 0.259 e. The average molecular weight is 450 g/mol. The first kappa shape index (κ1) is 20.8. The van der Waals surface area contributed by atoms with Crippen molar-refractivity contribution in [2.45, 2.75) is 25.3 Å². The van der Waals surface area contributed by atoms with Gasteiger partial charge in [0.1, 0.15) is 5.82 Å². The number of aromatic amines is 1. The minimum absolute atomic E-state index is 0.149. The highest BCUT2D eigenvalue weighted by Gasteiger charge is 2.18. The van der Waals surface area contributed by atoms with Crippen molar-refractivity contribution in [2.24, 2.45) is 4.99 Å². The zero-order chi connectivity index (χ0) is 23.1. The number of H-pyrrole nitrogens is 1. The zero-order valence-electron chi connectivity index (χ0n) is 19.2. The van der Waals surface area contributed by atoms with Gasteiger partial charge in [0.2, 0.25) is 0 Å². The van der Waals surface area contributed by atoms with Gasteiger partial charge in [0.25, 0.3) is 5.56 Å². The lowest BCUT2D eigenvalue weighted by Gasteiger charge is -2.29. The van der Waals surface area contributed by atoms with Crippen LogP contribution in [0.15, 0.2) is 70.6 Å². The molecule has 1 fully saturated rings. The monoisotopic (exact) mass is 449 g/mol. The highest BCUT2D eigenvalue weighted by atomic mass is 16.1. The van der Waals surface area contributed by atoms with E-state index in [4.69, 9.17) is 4.98 Å². The number of fused-ring (bicyclic) bond motifs is 2. The number of hydrogen-bond acceptors (Lipinski definition) is 5. The molecule has 4 aromatic rings. The molecule has 2 N–H and O–H groups in total. The van der Waals surface area contributed by atoms with Crippen LogP contribution in [-0.2, 0) is 6.54 Å². The van der Waals surface area contributed by atoms with E-state index in [0.717, 1.165) is 41.0 Å². The van der Waals surface area contributed by atoms with Crippen molar-refractivity contribution in [3.8, 4) is 11.3 Å². The maximum atomic E-state index is 12.7. The number of aromatic nitrogens is 2. The van der Waals surface area contributed by atoms with E-state index >= 15 is 0 Å². The van der Waals surface area contributed by atoms with Crippen LogP contribution < -0.4 is 10.9 Å². The summed E-state index contributed by atoms with van der Waals surface area (Å²) in [6.07, 6.45) is 5.98. The van der Waals surface area contributed by atoms with Crippen LogP contribution in [0.1, 0.15) is 35.4 Å². The van der Waals surface area contributed by atoms with E-state index in [2.05, 4.69) is 69.7 Å². The molecule has 1 saturated heterocycles. The summed E-state index contributed by atoms with van der Waals surface area (Å²) in [6.45, 7) is 2.99. The number of aliphatic imine (C=N–C) groups is 1. The van der Waals surface area contributed by atoms with E-state index in [-0.39, 0.29) is 5.56 Å². The van der Waals surface area contributed by atoms with E-state index in [9.17, 15) is 4.79 Å². The van der Waals surface area contributed by atoms with Crippen LogP contribution in [0.5, 0.6) is 0 Å². The summed E-state index contributed by atoms with van der Waals surface area (Å²) in [5.41, 5.74) is 6.36. The predicted octanol–water partition coefficient (Wildman–Crippen LogP) is 5.08. The lowest BCUT2D eigenvalue weighted by atomic mass is 9.89. The van der Waals surface area contributed by atoms with Gasteiger partial charge < -0.3 is 15.2 Å². The minimum Gasteiger partial charge on any atom is -0.340 e. The number of anilines is 2. The normalized spacial score (nSPS) is 16.1. The molecule has 6 rings (SSSR count). The fourth-order valence-corrected chi connectivity index (χ4v) is 5.04. The van der Waals surface area contributed by atoms with Crippen LogP contribution in [0.3, 0.4) is 0 Å². The van der Waals surface area contributed by atoms with Gasteiger partial charge >= 0.3 is 0 Å². The Bertz CT molecular complexity index is 1450. The van der Waals surface area contributed by atoms with Gasteiger partial charge in [-0.05, 0) is 91.3 Å². The third-order valence-corrected chi connectivity index (χ3v) is 7.05. The second kappa shape index (κ2) is 8.54. The fraction of sp³-hybridized carbons (Fsp3) is 0.250. The Hall–Kier alpha value is -3.77. The summed E-state index contributed by atoms with van der Waals surface area (Å²) in [5.74, 6) is 1.18. The molecule has 2 aliphatic heterocycles. The van der Waals surface area contributed by atoms with Crippen LogP contribution in [0.4, 0.5) is 11.5 Å². The topological polar surface area (TPSA) is 73.4 Å². The van der Waals surface area contributed by atoms with Crippen molar-refractivity contribution in [1.29, 1.82) is 0 Å². The highest BCUT2D eigenvalue weighted by Crippen LogP contribution is 2.31. The first-order valence-corrected chi connectivity index (χ1v) is 11.9. The Kier molecular flexibility index (Phi) is 5.23. The molecule has 2 aromatic heterocycles. The molecule has 0 unspecified atom stereocenters. The van der Waals surface area contributed by atoms with Gasteiger partial charge in [-0.2, -0.15) is 0 Å². The van der Waals surface area contributed by atoms with Gasteiger partial charge in [0.15, 0.2) is 0 Å². The number of benzene rings is 2. The molecule has 170 valence electrons. The van der Waals surface area contributed by atoms with Crippen molar-refractivity contribution in [1.82, 2.24) is 14.9 Å². The Morgan fingerprint density at radius 2 is 1.85 bits per heavy atom. The molecule has 6 nitrogen and oxygen atoms in total. The second-order valence-corrected chi connectivity index (χ2v) is 9.34. The molecular formula is C28H27N5O. The van der Waals surface area contributed by atoms with Crippen LogP contribution in [0.2, 0.25) is 0 Å². The SMILES string of the molecule is CN1CCC(c2ccc(Nc3nc(-c4ccc5c(c4)CN=C5)cc4cc[nH]c(=O)c34)cc2)CC1. The third-order valence-electron chi connectivity index (χ3n) is 7.05. The highest BCUT2D eigenvalue weighted by molar-refractivity contribution is 5.95. The Labute approximate surface area is 198 Å². The Morgan fingerprint density at radius 1 is 1.03 bits per heavy atom. The average Bonchev–Trinajstić information content (AvgIpc) is 3.33. The minimum atomic E-state index is -0.149. The quantitative estimate of drug-likeness (QED) is 0.456. The third kappa shape index (κ3) is 3.90. The Balaban J connectivity index is 1.35. The van der Waals surface area contributed by atoms with Gasteiger partial charge in [0.05, 0.1) is 17.6 Å². The van der Waals surface area contributed by atoms with Gasteiger partial charge in [-0.3, -0.25) is 9.79 Å². The van der Waals surface area contributed by atoms with Crippen molar-refractivity contribution in [2.75, 3.05) is 25.5 Å². The molecule has 34 heavy (non-hydrogen) atoms. The van der Waals surface area contributed by atoms with E-state index in [1.54, 1.807) is 6.20 Å². The van der Waals surface area contributed by atoms with Gasteiger partial charge in [-0.15, -0.1) is 0 Å². The molecule has 0 bridgehead atoms. The zero-order valence-corrected chi connectivity index (χ0v) is 19.2. The fourth-order valence-electron chi connectivity index (χ4n) is 5.04. The number of nitrogens with zero attached hydrogens (tertiary/aromatic N) is 3.